The Morgan fingerprint density at radius 3 is 1.83 bits per heavy atom. The second-order valence-electron chi connectivity index (χ2n) is 12.1. The normalized spacial score (nSPS) is 14.2. The molecule has 1 aromatic heterocycles. The lowest BCUT2D eigenvalue weighted by Crippen LogP contribution is -2.14. The van der Waals surface area contributed by atoms with Gasteiger partial charge >= 0.3 is 0 Å². The third-order valence-corrected chi connectivity index (χ3v) is 9.53. The van der Waals surface area contributed by atoms with E-state index < -0.39 is 0 Å². The highest BCUT2D eigenvalue weighted by molar-refractivity contribution is 6.13. The Morgan fingerprint density at radius 1 is 0.463 bits per heavy atom. The Morgan fingerprint density at radius 2 is 1.05 bits per heavy atom. The fraction of sp³-hybridized carbons (Fsp3) is 0.100. The average Bonchev–Trinajstić information content (AvgIpc) is 3.65. The van der Waals surface area contributed by atoms with Crippen LogP contribution in [-0.2, 0) is 11.8 Å². The molecule has 1 heteroatoms. The summed E-state index contributed by atoms with van der Waals surface area (Å²) in [6, 6.07) is 44.6. The van der Waals surface area contributed by atoms with Crippen molar-refractivity contribution < 1.29 is 4.42 Å². The SMILES string of the molecule is CC1(C)c2ccccc2-c2ccc(-c3cccc4c3oc3c(-c5ccc6c(c5)-c5ccccc5C6)cccc34)cc21. The molecule has 0 atom stereocenters. The Hall–Kier alpha value is -4.88. The van der Waals surface area contributed by atoms with E-state index in [9.17, 15) is 0 Å². The zero-order chi connectivity index (χ0) is 27.3. The van der Waals surface area contributed by atoms with E-state index in [1.165, 1.54) is 55.6 Å². The first-order chi connectivity index (χ1) is 20.1. The highest BCUT2D eigenvalue weighted by Gasteiger charge is 2.35. The van der Waals surface area contributed by atoms with Gasteiger partial charge in [0.15, 0.2) is 0 Å². The number of hydrogen-bond donors (Lipinski definition) is 0. The van der Waals surface area contributed by atoms with Gasteiger partial charge in [-0.05, 0) is 74.2 Å². The van der Waals surface area contributed by atoms with Gasteiger partial charge in [-0.2, -0.15) is 0 Å². The summed E-state index contributed by atoms with van der Waals surface area (Å²) in [7, 11) is 0. The van der Waals surface area contributed by atoms with E-state index in [1.54, 1.807) is 0 Å². The van der Waals surface area contributed by atoms with E-state index in [1.807, 2.05) is 0 Å². The lowest BCUT2D eigenvalue weighted by molar-refractivity contribution is 0.660. The van der Waals surface area contributed by atoms with E-state index in [2.05, 4.69) is 135 Å². The highest BCUT2D eigenvalue weighted by Crippen LogP contribution is 2.50. The molecule has 0 unspecified atom stereocenters. The van der Waals surface area contributed by atoms with Gasteiger partial charge in [0.25, 0.3) is 0 Å². The highest BCUT2D eigenvalue weighted by atomic mass is 16.3. The van der Waals surface area contributed by atoms with Crippen molar-refractivity contribution in [2.45, 2.75) is 25.7 Å². The van der Waals surface area contributed by atoms with Crippen molar-refractivity contribution in [3.63, 3.8) is 0 Å². The van der Waals surface area contributed by atoms with Crippen LogP contribution in [0.5, 0.6) is 0 Å². The van der Waals surface area contributed by atoms with Crippen LogP contribution < -0.4 is 0 Å². The molecule has 0 N–H and O–H groups in total. The second kappa shape index (κ2) is 8.08. The maximum absolute atomic E-state index is 6.85. The van der Waals surface area contributed by atoms with E-state index in [0.717, 1.165) is 39.5 Å². The van der Waals surface area contributed by atoms with Crippen molar-refractivity contribution >= 4 is 21.9 Å². The standard InChI is InChI=1S/C40H28O/c1-40(2)36-16-6-5-11-31(36)32-20-19-27(23-37(32)40)30-13-8-15-34-33-14-7-12-29(38(33)41-39(30)34)26-18-17-25-21-24-9-3-4-10-28(24)35(25)22-26/h3-20,22-23H,21H2,1-2H3. The van der Waals surface area contributed by atoms with Crippen molar-refractivity contribution in [3.05, 3.63) is 144 Å². The summed E-state index contributed by atoms with van der Waals surface area (Å²) >= 11 is 0. The number of benzene rings is 6. The average molecular weight is 525 g/mol. The molecule has 2 aliphatic carbocycles. The van der Waals surface area contributed by atoms with Gasteiger partial charge in [0.1, 0.15) is 11.2 Å². The molecule has 7 aromatic rings. The van der Waals surface area contributed by atoms with Crippen LogP contribution in [0.1, 0.15) is 36.1 Å². The van der Waals surface area contributed by atoms with Gasteiger partial charge in [-0.1, -0.05) is 123 Å². The summed E-state index contributed by atoms with van der Waals surface area (Å²) in [5.41, 5.74) is 17.5. The first-order valence-corrected chi connectivity index (χ1v) is 14.5. The largest absolute Gasteiger partial charge is 0.455 e. The Labute approximate surface area is 239 Å². The Kier molecular flexibility index (Phi) is 4.51. The van der Waals surface area contributed by atoms with Crippen molar-refractivity contribution in [1.29, 1.82) is 0 Å². The Balaban J connectivity index is 1.22. The topological polar surface area (TPSA) is 13.1 Å². The van der Waals surface area contributed by atoms with Crippen molar-refractivity contribution in [2.24, 2.45) is 0 Å². The zero-order valence-electron chi connectivity index (χ0n) is 23.2. The predicted octanol–water partition coefficient (Wildman–Crippen LogP) is 10.8. The van der Waals surface area contributed by atoms with Gasteiger partial charge in [0, 0.05) is 27.3 Å². The Bertz CT molecular complexity index is 2210. The molecular formula is C40H28O. The predicted molar refractivity (Wildman–Crippen MR) is 170 cm³/mol. The third kappa shape index (κ3) is 3.12. The van der Waals surface area contributed by atoms with Crippen LogP contribution in [0.2, 0.25) is 0 Å². The number of hydrogen-bond acceptors (Lipinski definition) is 1. The molecule has 41 heavy (non-hydrogen) atoms. The number of rotatable bonds is 2. The van der Waals surface area contributed by atoms with Crippen LogP contribution in [0.4, 0.5) is 0 Å². The minimum atomic E-state index is -0.0386. The molecule has 6 aromatic carbocycles. The van der Waals surface area contributed by atoms with Gasteiger partial charge in [-0.3, -0.25) is 0 Å². The van der Waals surface area contributed by atoms with Gasteiger partial charge < -0.3 is 4.42 Å². The maximum atomic E-state index is 6.85. The van der Waals surface area contributed by atoms with Gasteiger partial charge in [-0.25, -0.2) is 0 Å². The molecule has 1 heterocycles. The molecular weight excluding hydrogens is 496 g/mol. The van der Waals surface area contributed by atoms with Gasteiger partial charge in [0.2, 0.25) is 0 Å². The smallest absolute Gasteiger partial charge is 0.143 e. The molecule has 2 aliphatic rings. The molecule has 0 bridgehead atoms. The molecule has 194 valence electrons. The van der Waals surface area contributed by atoms with E-state index in [0.29, 0.717) is 0 Å². The number of para-hydroxylation sites is 2. The summed E-state index contributed by atoms with van der Waals surface area (Å²) in [5.74, 6) is 0. The molecule has 0 fully saturated rings. The monoisotopic (exact) mass is 524 g/mol. The maximum Gasteiger partial charge on any atom is 0.143 e. The second-order valence-corrected chi connectivity index (χ2v) is 12.1. The van der Waals surface area contributed by atoms with E-state index in [-0.39, 0.29) is 5.41 Å². The molecule has 0 amide bonds. The summed E-state index contributed by atoms with van der Waals surface area (Å²) in [4.78, 5) is 0. The number of fused-ring (bicyclic) bond motifs is 9. The molecule has 0 aliphatic heterocycles. The molecule has 0 saturated carbocycles. The quantitative estimate of drug-likeness (QED) is 0.219. The fourth-order valence-corrected chi connectivity index (χ4v) is 7.44. The zero-order valence-corrected chi connectivity index (χ0v) is 23.2. The summed E-state index contributed by atoms with van der Waals surface area (Å²) in [6.45, 7) is 4.68. The third-order valence-electron chi connectivity index (χ3n) is 9.53. The van der Waals surface area contributed by atoms with Crippen LogP contribution in [-0.4, -0.2) is 0 Å². The lowest BCUT2D eigenvalue weighted by atomic mass is 9.81. The van der Waals surface area contributed by atoms with Crippen molar-refractivity contribution in [2.75, 3.05) is 0 Å². The lowest BCUT2D eigenvalue weighted by Gasteiger charge is -2.22. The molecule has 0 spiro atoms. The van der Waals surface area contributed by atoms with Crippen molar-refractivity contribution in [1.82, 2.24) is 0 Å². The van der Waals surface area contributed by atoms with E-state index >= 15 is 0 Å². The molecule has 0 saturated heterocycles. The minimum absolute atomic E-state index is 0.0386. The van der Waals surface area contributed by atoms with Crippen LogP contribution in [0.25, 0.3) is 66.4 Å². The van der Waals surface area contributed by atoms with Gasteiger partial charge in [-0.15, -0.1) is 0 Å². The van der Waals surface area contributed by atoms with Crippen LogP contribution >= 0.6 is 0 Å². The molecule has 9 rings (SSSR count). The first-order valence-electron chi connectivity index (χ1n) is 14.5. The van der Waals surface area contributed by atoms with E-state index in [4.69, 9.17) is 4.42 Å². The summed E-state index contributed by atoms with van der Waals surface area (Å²) in [6.07, 6.45) is 1.01. The fourth-order valence-electron chi connectivity index (χ4n) is 7.44. The molecule has 0 radical (unpaired) electrons. The first kappa shape index (κ1) is 22.9. The van der Waals surface area contributed by atoms with Crippen molar-refractivity contribution in [3.8, 4) is 44.5 Å². The van der Waals surface area contributed by atoms with Crippen LogP contribution in [0.3, 0.4) is 0 Å². The molecule has 1 nitrogen and oxygen atoms in total. The number of furan rings is 1. The van der Waals surface area contributed by atoms with Crippen LogP contribution in [0.15, 0.2) is 126 Å². The van der Waals surface area contributed by atoms with Crippen LogP contribution in [0, 0.1) is 0 Å². The summed E-state index contributed by atoms with van der Waals surface area (Å²) in [5, 5.41) is 2.32. The minimum Gasteiger partial charge on any atom is -0.455 e. The summed E-state index contributed by atoms with van der Waals surface area (Å²) < 4.78 is 6.85. The van der Waals surface area contributed by atoms with Gasteiger partial charge in [0.05, 0.1) is 0 Å².